The Labute approximate surface area is 140 Å². The van der Waals surface area contributed by atoms with Crippen molar-refractivity contribution in [2.45, 2.75) is 32.9 Å². The molecule has 4 heteroatoms. The lowest BCUT2D eigenvalue weighted by Gasteiger charge is -2.38. The molecule has 0 fully saturated rings. The predicted molar refractivity (Wildman–Crippen MR) is 98.7 cm³/mol. The van der Waals surface area contributed by atoms with E-state index >= 15 is 0 Å². The highest BCUT2D eigenvalue weighted by Gasteiger charge is 2.25. The summed E-state index contributed by atoms with van der Waals surface area (Å²) >= 11 is 0. The Morgan fingerprint density at radius 1 is 1.30 bits per heavy atom. The van der Waals surface area contributed by atoms with Gasteiger partial charge in [0.15, 0.2) is 5.96 Å². The topological polar surface area (TPSA) is 39.7 Å². The Morgan fingerprint density at radius 3 is 2.70 bits per heavy atom. The fourth-order valence-corrected chi connectivity index (χ4v) is 3.18. The molecule has 0 saturated carbocycles. The molecule has 0 radical (unpaired) electrons. The molecular weight excluding hydrogens is 284 g/mol. The molecular formula is C19H30N4. The molecule has 1 aliphatic rings. The van der Waals surface area contributed by atoms with Crippen LogP contribution in [-0.2, 0) is 13.0 Å². The van der Waals surface area contributed by atoms with E-state index in [1.54, 1.807) is 7.05 Å². The standard InChI is InChI=1S/C19H30N4/c1-5-11-21-19(20-4)22-13-18(15(2)3)23-12-10-16-8-6-7-9-17(16)14-23/h5-9,15,18H,1,10-14H2,2-4H3,(H2,20,21,22). The van der Waals surface area contributed by atoms with Crippen molar-refractivity contribution >= 4 is 5.96 Å². The summed E-state index contributed by atoms with van der Waals surface area (Å²) in [6.45, 7) is 12.1. The molecule has 4 nitrogen and oxygen atoms in total. The van der Waals surface area contributed by atoms with Gasteiger partial charge < -0.3 is 10.6 Å². The van der Waals surface area contributed by atoms with Crippen LogP contribution in [0.15, 0.2) is 41.9 Å². The van der Waals surface area contributed by atoms with Gasteiger partial charge in [0.2, 0.25) is 0 Å². The zero-order chi connectivity index (χ0) is 16.7. The summed E-state index contributed by atoms with van der Waals surface area (Å²) in [5.74, 6) is 1.43. The van der Waals surface area contributed by atoms with Gasteiger partial charge in [0.25, 0.3) is 0 Å². The van der Waals surface area contributed by atoms with Crippen molar-refractivity contribution in [2.75, 3.05) is 26.7 Å². The molecule has 1 heterocycles. The molecule has 0 bridgehead atoms. The molecule has 1 aromatic rings. The number of aliphatic imine (C=N–C) groups is 1. The normalized spacial score (nSPS) is 16.8. The number of guanidine groups is 1. The summed E-state index contributed by atoms with van der Waals surface area (Å²) in [6, 6.07) is 9.30. The summed E-state index contributed by atoms with van der Waals surface area (Å²) in [5.41, 5.74) is 2.97. The number of hydrogen-bond donors (Lipinski definition) is 2. The number of benzene rings is 1. The van der Waals surface area contributed by atoms with Crippen molar-refractivity contribution in [3.8, 4) is 0 Å². The van der Waals surface area contributed by atoms with Gasteiger partial charge in [-0.15, -0.1) is 6.58 Å². The van der Waals surface area contributed by atoms with E-state index in [0.29, 0.717) is 12.0 Å². The summed E-state index contributed by atoms with van der Waals surface area (Å²) in [4.78, 5) is 6.86. The maximum Gasteiger partial charge on any atom is 0.191 e. The van der Waals surface area contributed by atoms with Crippen LogP contribution in [0.1, 0.15) is 25.0 Å². The lowest BCUT2D eigenvalue weighted by atomic mass is 9.95. The van der Waals surface area contributed by atoms with Crippen LogP contribution < -0.4 is 10.6 Å². The molecule has 0 saturated heterocycles. The van der Waals surface area contributed by atoms with E-state index < -0.39 is 0 Å². The molecule has 0 aliphatic carbocycles. The van der Waals surface area contributed by atoms with Gasteiger partial charge in [-0.05, 0) is 23.5 Å². The minimum atomic E-state index is 0.491. The second-order valence-electron chi connectivity index (χ2n) is 6.42. The highest BCUT2D eigenvalue weighted by Crippen LogP contribution is 2.22. The van der Waals surface area contributed by atoms with Crippen LogP contribution in [0, 0.1) is 5.92 Å². The largest absolute Gasteiger partial charge is 0.355 e. The third kappa shape index (κ3) is 4.83. The molecule has 126 valence electrons. The molecule has 2 N–H and O–H groups in total. The number of rotatable bonds is 6. The predicted octanol–water partition coefficient (Wildman–Crippen LogP) is 2.42. The molecule has 0 amide bonds. The number of nitrogens with one attached hydrogen (secondary N) is 2. The highest BCUT2D eigenvalue weighted by molar-refractivity contribution is 5.79. The molecule has 0 spiro atoms. The molecule has 23 heavy (non-hydrogen) atoms. The monoisotopic (exact) mass is 314 g/mol. The minimum absolute atomic E-state index is 0.491. The van der Waals surface area contributed by atoms with Crippen molar-refractivity contribution in [1.82, 2.24) is 15.5 Å². The van der Waals surface area contributed by atoms with Gasteiger partial charge in [-0.1, -0.05) is 44.2 Å². The van der Waals surface area contributed by atoms with E-state index in [1.165, 1.54) is 11.1 Å². The average Bonchev–Trinajstić information content (AvgIpc) is 2.57. The van der Waals surface area contributed by atoms with Crippen LogP contribution in [0.3, 0.4) is 0 Å². The van der Waals surface area contributed by atoms with E-state index in [9.17, 15) is 0 Å². The summed E-state index contributed by atoms with van der Waals surface area (Å²) in [6.07, 6.45) is 2.98. The summed E-state index contributed by atoms with van der Waals surface area (Å²) in [5, 5.41) is 6.69. The van der Waals surface area contributed by atoms with Gasteiger partial charge in [-0.25, -0.2) is 0 Å². The second kappa shape index (κ2) is 8.73. The summed E-state index contributed by atoms with van der Waals surface area (Å²) in [7, 11) is 1.81. The molecule has 2 rings (SSSR count). The minimum Gasteiger partial charge on any atom is -0.355 e. The zero-order valence-corrected chi connectivity index (χ0v) is 14.7. The Kier molecular flexibility index (Phi) is 6.66. The van der Waals surface area contributed by atoms with Crippen molar-refractivity contribution in [2.24, 2.45) is 10.9 Å². The number of nitrogens with zero attached hydrogens (tertiary/aromatic N) is 2. The lowest BCUT2D eigenvalue weighted by molar-refractivity contribution is 0.140. The Bertz CT molecular complexity index is 536. The Morgan fingerprint density at radius 2 is 2.04 bits per heavy atom. The first-order valence-corrected chi connectivity index (χ1v) is 8.52. The first-order valence-electron chi connectivity index (χ1n) is 8.52. The van der Waals surface area contributed by atoms with Crippen molar-refractivity contribution in [3.63, 3.8) is 0 Å². The second-order valence-corrected chi connectivity index (χ2v) is 6.42. The van der Waals surface area contributed by atoms with Crippen LogP contribution in [0.25, 0.3) is 0 Å². The van der Waals surface area contributed by atoms with Crippen LogP contribution in [0.4, 0.5) is 0 Å². The van der Waals surface area contributed by atoms with Crippen molar-refractivity contribution in [1.29, 1.82) is 0 Å². The van der Waals surface area contributed by atoms with Crippen molar-refractivity contribution in [3.05, 3.63) is 48.0 Å². The smallest absolute Gasteiger partial charge is 0.191 e. The van der Waals surface area contributed by atoms with E-state index in [1.807, 2.05) is 6.08 Å². The van der Waals surface area contributed by atoms with E-state index in [2.05, 4.69) is 65.2 Å². The Balaban J connectivity index is 1.98. The van der Waals surface area contributed by atoms with Gasteiger partial charge in [0, 0.05) is 39.3 Å². The van der Waals surface area contributed by atoms with Gasteiger partial charge in [-0.2, -0.15) is 0 Å². The third-order valence-corrected chi connectivity index (χ3v) is 4.51. The fourth-order valence-electron chi connectivity index (χ4n) is 3.18. The van der Waals surface area contributed by atoms with Crippen LogP contribution in [0.5, 0.6) is 0 Å². The molecule has 1 unspecified atom stereocenters. The SMILES string of the molecule is C=CCNC(=NC)NCC(C(C)C)N1CCc2ccccc2C1. The van der Waals surface area contributed by atoms with E-state index in [4.69, 9.17) is 0 Å². The third-order valence-electron chi connectivity index (χ3n) is 4.51. The van der Waals surface area contributed by atoms with Crippen molar-refractivity contribution < 1.29 is 0 Å². The maximum absolute atomic E-state index is 4.27. The first-order chi connectivity index (χ1) is 11.2. The zero-order valence-electron chi connectivity index (χ0n) is 14.7. The van der Waals surface area contributed by atoms with E-state index in [-0.39, 0.29) is 0 Å². The van der Waals surface area contributed by atoms with Gasteiger partial charge >= 0.3 is 0 Å². The van der Waals surface area contributed by atoms with E-state index in [0.717, 1.165) is 38.6 Å². The maximum atomic E-state index is 4.27. The molecule has 0 aromatic heterocycles. The molecule has 1 atom stereocenters. The number of hydrogen-bond acceptors (Lipinski definition) is 2. The van der Waals surface area contributed by atoms with Gasteiger partial charge in [-0.3, -0.25) is 9.89 Å². The summed E-state index contributed by atoms with van der Waals surface area (Å²) < 4.78 is 0. The first kappa shape index (κ1) is 17.5. The number of fused-ring (bicyclic) bond motifs is 1. The lowest BCUT2D eigenvalue weighted by Crippen LogP contribution is -2.50. The van der Waals surface area contributed by atoms with Crippen LogP contribution >= 0.6 is 0 Å². The quantitative estimate of drug-likeness (QED) is 0.481. The van der Waals surface area contributed by atoms with Gasteiger partial charge in [0.1, 0.15) is 0 Å². The average molecular weight is 314 g/mol. The highest BCUT2D eigenvalue weighted by atomic mass is 15.2. The van der Waals surface area contributed by atoms with Crippen LogP contribution in [-0.4, -0.2) is 43.6 Å². The Hall–Kier alpha value is -1.81. The van der Waals surface area contributed by atoms with Gasteiger partial charge in [0.05, 0.1) is 0 Å². The molecule has 1 aliphatic heterocycles. The molecule has 1 aromatic carbocycles. The fraction of sp³-hybridized carbons (Fsp3) is 0.526. The van der Waals surface area contributed by atoms with Crippen LogP contribution in [0.2, 0.25) is 0 Å².